The summed E-state index contributed by atoms with van der Waals surface area (Å²) in [4.78, 5) is 19.0. The lowest BCUT2D eigenvalue weighted by Gasteiger charge is -2.04. The number of hydrogen-bond donors (Lipinski definition) is 1. The van der Waals surface area contributed by atoms with Crippen molar-refractivity contribution in [1.29, 1.82) is 0 Å². The number of aromatic nitrogens is 2. The van der Waals surface area contributed by atoms with E-state index in [2.05, 4.69) is 15.3 Å². The van der Waals surface area contributed by atoms with Crippen LogP contribution in [0.25, 0.3) is 0 Å². The van der Waals surface area contributed by atoms with Crippen molar-refractivity contribution in [1.82, 2.24) is 15.3 Å². The first-order chi connectivity index (χ1) is 8.75. The van der Waals surface area contributed by atoms with Crippen molar-refractivity contribution in [3.05, 3.63) is 59.9 Å². The van der Waals surface area contributed by atoms with Gasteiger partial charge in [0.1, 0.15) is 0 Å². The SMILES string of the molecule is O=C(NCCc1cccnc1)c1ccnc(F)c1. The molecule has 0 aromatic carbocycles. The first-order valence-electron chi connectivity index (χ1n) is 5.54. The third kappa shape index (κ3) is 3.35. The second kappa shape index (κ2) is 5.86. The molecule has 4 nitrogen and oxygen atoms in total. The lowest BCUT2D eigenvalue weighted by molar-refractivity contribution is 0.0953. The van der Waals surface area contributed by atoms with Crippen LogP contribution >= 0.6 is 0 Å². The minimum absolute atomic E-state index is 0.272. The molecule has 1 amide bonds. The van der Waals surface area contributed by atoms with Crippen LogP contribution in [-0.2, 0) is 6.42 Å². The Bertz CT molecular complexity index is 531. The van der Waals surface area contributed by atoms with Crippen molar-refractivity contribution in [2.75, 3.05) is 6.54 Å². The molecule has 2 rings (SSSR count). The number of halogens is 1. The number of nitrogens with one attached hydrogen (secondary N) is 1. The molecule has 0 radical (unpaired) electrons. The molecule has 0 bridgehead atoms. The standard InChI is InChI=1S/C13H12FN3O/c14-12-8-11(4-7-16-12)13(18)17-6-3-10-2-1-5-15-9-10/h1-2,4-5,7-9H,3,6H2,(H,17,18). The molecule has 2 aromatic rings. The molecule has 0 atom stereocenters. The zero-order chi connectivity index (χ0) is 12.8. The summed E-state index contributed by atoms with van der Waals surface area (Å²) in [5.41, 5.74) is 1.31. The summed E-state index contributed by atoms with van der Waals surface area (Å²) in [6, 6.07) is 6.36. The van der Waals surface area contributed by atoms with Crippen LogP contribution in [0.1, 0.15) is 15.9 Å². The van der Waals surface area contributed by atoms with E-state index in [1.807, 2.05) is 12.1 Å². The van der Waals surface area contributed by atoms with Gasteiger partial charge in [-0.2, -0.15) is 4.39 Å². The molecule has 0 unspecified atom stereocenters. The Morgan fingerprint density at radius 2 is 2.22 bits per heavy atom. The second-order valence-electron chi connectivity index (χ2n) is 3.73. The fraction of sp³-hybridized carbons (Fsp3) is 0.154. The quantitative estimate of drug-likeness (QED) is 0.832. The largest absolute Gasteiger partial charge is 0.352 e. The molecular weight excluding hydrogens is 233 g/mol. The van der Waals surface area contributed by atoms with Gasteiger partial charge < -0.3 is 5.32 Å². The van der Waals surface area contributed by atoms with Crippen LogP contribution in [0.5, 0.6) is 0 Å². The summed E-state index contributed by atoms with van der Waals surface area (Å²) >= 11 is 0. The summed E-state index contributed by atoms with van der Waals surface area (Å²) in [5.74, 6) is -0.963. The molecule has 5 heteroatoms. The molecule has 0 aliphatic heterocycles. The average Bonchev–Trinajstić information content (AvgIpc) is 2.40. The lowest BCUT2D eigenvalue weighted by atomic mass is 10.2. The molecule has 0 saturated carbocycles. The Labute approximate surface area is 104 Å². The average molecular weight is 245 g/mol. The van der Waals surface area contributed by atoms with Gasteiger partial charge in [-0.15, -0.1) is 0 Å². The fourth-order valence-electron chi connectivity index (χ4n) is 1.51. The summed E-state index contributed by atoms with van der Waals surface area (Å²) in [7, 11) is 0. The molecule has 2 aromatic heterocycles. The van der Waals surface area contributed by atoms with E-state index in [1.165, 1.54) is 12.3 Å². The number of amides is 1. The van der Waals surface area contributed by atoms with Crippen molar-refractivity contribution in [2.45, 2.75) is 6.42 Å². The smallest absolute Gasteiger partial charge is 0.251 e. The highest BCUT2D eigenvalue weighted by molar-refractivity contribution is 5.93. The molecule has 0 aliphatic carbocycles. The number of pyridine rings is 2. The van der Waals surface area contributed by atoms with Crippen LogP contribution in [-0.4, -0.2) is 22.4 Å². The van der Waals surface area contributed by atoms with Gasteiger partial charge >= 0.3 is 0 Å². The highest BCUT2D eigenvalue weighted by Gasteiger charge is 2.05. The van der Waals surface area contributed by atoms with Crippen molar-refractivity contribution < 1.29 is 9.18 Å². The Kier molecular flexibility index (Phi) is 3.96. The first-order valence-corrected chi connectivity index (χ1v) is 5.54. The Morgan fingerprint density at radius 3 is 2.94 bits per heavy atom. The molecule has 0 aliphatic rings. The Balaban J connectivity index is 1.86. The summed E-state index contributed by atoms with van der Waals surface area (Å²) in [6.07, 6.45) is 5.40. The lowest BCUT2D eigenvalue weighted by Crippen LogP contribution is -2.25. The predicted octanol–water partition coefficient (Wildman–Crippen LogP) is 1.59. The van der Waals surface area contributed by atoms with Crippen LogP contribution in [0.2, 0.25) is 0 Å². The molecule has 0 spiro atoms. The zero-order valence-corrected chi connectivity index (χ0v) is 9.64. The van der Waals surface area contributed by atoms with Crippen molar-refractivity contribution in [3.8, 4) is 0 Å². The third-order valence-electron chi connectivity index (χ3n) is 2.41. The first kappa shape index (κ1) is 12.2. The highest BCUT2D eigenvalue weighted by atomic mass is 19.1. The van der Waals surface area contributed by atoms with Gasteiger partial charge in [-0.25, -0.2) is 4.98 Å². The fourth-order valence-corrected chi connectivity index (χ4v) is 1.51. The molecular formula is C13H12FN3O. The zero-order valence-electron chi connectivity index (χ0n) is 9.64. The van der Waals surface area contributed by atoms with E-state index in [-0.39, 0.29) is 11.5 Å². The van der Waals surface area contributed by atoms with E-state index in [0.717, 1.165) is 11.6 Å². The van der Waals surface area contributed by atoms with Gasteiger partial charge in [0, 0.05) is 36.8 Å². The van der Waals surface area contributed by atoms with Gasteiger partial charge in [0.05, 0.1) is 0 Å². The molecule has 2 heterocycles. The molecule has 0 fully saturated rings. The van der Waals surface area contributed by atoms with E-state index in [0.29, 0.717) is 13.0 Å². The van der Waals surface area contributed by atoms with E-state index in [9.17, 15) is 9.18 Å². The maximum absolute atomic E-state index is 12.8. The van der Waals surface area contributed by atoms with Crippen LogP contribution < -0.4 is 5.32 Å². The van der Waals surface area contributed by atoms with Gasteiger partial charge in [0.25, 0.3) is 5.91 Å². The van der Waals surface area contributed by atoms with Gasteiger partial charge in [0.15, 0.2) is 0 Å². The van der Waals surface area contributed by atoms with E-state index in [4.69, 9.17) is 0 Å². The van der Waals surface area contributed by atoms with Crippen LogP contribution in [0.4, 0.5) is 4.39 Å². The van der Waals surface area contributed by atoms with Crippen molar-refractivity contribution in [3.63, 3.8) is 0 Å². The number of carbonyl (C=O) groups excluding carboxylic acids is 1. The van der Waals surface area contributed by atoms with Gasteiger partial charge in [-0.05, 0) is 24.1 Å². The number of nitrogens with zero attached hydrogens (tertiary/aromatic N) is 2. The monoisotopic (exact) mass is 245 g/mol. The van der Waals surface area contributed by atoms with Crippen LogP contribution in [0, 0.1) is 5.95 Å². The third-order valence-corrected chi connectivity index (χ3v) is 2.41. The van der Waals surface area contributed by atoms with Gasteiger partial charge in [0.2, 0.25) is 5.95 Å². The molecule has 92 valence electrons. The van der Waals surface area contributed by atoms with E-state index < -0.39 is 5.95 Å². The van der Waals surface area contributed by atoms with Gasteiger partial charge in [-0.1, -0.05) is 6.07 Å². The number of rotatable bonds is 4. The topological polar surface area (TPSA) is 54.9 Å². The van der Waals surface area contributed by atoms with Crippen molar-refractivity contribution in [2.24, 2.45) is 0 Å². The minimum Gasteiger partial charge on any atom is -0.352 e. The number of hydrogen-bond acceptors (Lipinski definition) is 3. The summed E-state index contributed by atoms with van der Waals surface area (Å²) < 4.78 is 12.8. The molecule has 0 saturated heterocycles. The maximum atomic E-state index is 12.8. The van der Waals surface area contributed by atoms with Crippen LogP contribution in [0.15, 0.2) is 42.9 Å². The van der Waals surface area contributed by atoms with Crippen molar-refractivity contribution >= 4 is 5.91 Å². The normalized spacial score (nSPS) is 10.1. The minimum atomic E-state index is -0.657. The summed E-state index contributed by atoms with van der Waals surface area (Å²) in [6.45, 7) is 0.481. The molecule has 18 heavy (non-hydrogen) atoms. The number of carbonyl (C=O) groups is 1. The highest BCUT2D eigenvalue weighted by Crippen LogP contribution is 2.00. The second-order valence-corrected chi connectivity index (χ2v) is 3.73. The molecule has 1 N–H and O–H groups in total. The van der Waals surface area contributed by atoms with Gasteiger partial charge in [-0.3, -0.25) is 9.78 Å². The maximum Gasteiger partial charge on any atom is 0.251 e. The Hall–Kier alpha value is -2.30. The Morgan fingerprint density at radius 1 is 1.33 bits per heavy atom. The summed E-state index contributed by atoms with van der Waals surface area (Å²) in [5, 5.41) is 2.71. The van der Waals surface area contributed by atoms with Crippen LogP contribution in [0.3, 0.4) is 0 Å². The van der Waals surface area contributed by atoms with E-state index >= 15 is 0 Å². The predicted molar refractivity (Wildman–Crippen MR) is 64.5 cm³/mol. The van der Waals surface area contributed by atoms with E-state index in [1.54, 1.807) is 12.4 Å².